The van der Waals surface area contributed by atoms with Gasteiger partial charge in [0.15, 0.2) is 4.21 Å². The fraction of sp³-hybridized carbons (Fsp3) is 0.250. The van der Waals surface area contributed by atoms with Crippen LogP contribution in [0.2, 0.25) is 0 Å². The molecule has 1 unspecified atom stereocenters. The molecule has 0 saturated heterocycles. The van der Waals surface area contributed by atoms with Crippen molar-refractivity contribution < 1.29 is 13.5 Å². The van der Waals surface area contributed by atoms with Crippen molar-refractivity contribution in [1.82, 2.24) is 4.98 Å². The van der Waals surface area contributed by atoms with Gasteiger partial charge < -0.3 is 5.11 Å². The molecule has 1 aromatic carbocycles. The number of sulfonamides is 1. The number of aliphatic hydroxyl groups is 1. The summed E-state index contributed by atoms with van der Waals surface area (Å²) in [6.07, 6.45) is 0.691. The van der Waals surface area contributed by atoms with Crippen LogP contribution in [0.5, 0.6) is 0 Å². The van der Waals surface area contributed by atoms with Crippen LogP contribution < -0.4 is 4.72 Å². The van der Waals surface area contributed by atoms with E-state index in [9.17, 15) is 13.5 Å². The zero-order chi connectivity index (χ0) is 14.0. The quantitative estimate of drug-likeness (QED) is 0.907. The number of aryl methyl sites for hydroxylation is 1. The molecule has 0 aliphatic heterocycles. The maximum absolute atomic E-state index is 12.1. The van der Waals surface area contributed by atoms with Gasteiger partial charge >= 0.3 is 0 Å². The maximum Gasteiger partial charge on any atom is 0.273 e. The number of nitrogens with one attached hydrogen (secondary N) is 1. The number of aliphatic hydroxyl groups excluding tert-OH is 1. The molecule has 2 rings (SSSR count). The van der Waals surface area contributed by atoms with Gasteiger partial charge in [0.1, 0.15) is 0 Å². The predicted octanol–water partition coefficient (Wildman–Crippen LogP) is 2.31. The number of benzene rings is 1. The zero-order valence-electron chi connectivity index (χ0n) is 10.5. The lowest BCUT2D eigenvalue weighted by Gasteiger charge is -2.09. The Morgan fingerprint density at radius 3 is 2.74 bits per heavy atom. The van der Waals surface area contributed by atoms with E-state index in [1.807, 2.05) is 0 Å². The lowest BCUT2D eigenvalue weighted by molar-refractivity contribution is 0.199. The summed E-state index contributed by atoms with van der Waals surface area (Å²) in [6, 6.07) is 6.67. The smallest absolute Gasteiger partial charge is 0.273 e. The van der Waals surface area contributed by atoms with Gasteiger partial charge in [0, 0.05) is 5.69 Å². The van der Waals surface area contributed by atoms with Gasteiger partial charge in [0.05, 0.1) is 17.3 Å². The van der Waals surface area contributed by atoms with E-state index in [-0.39, 0.29) is 4.21 Å². The molecular weight excluding hydrogens is 284 g/mol. The van der Waals surface area contributed by atoms with Gasteiger partial charge in [0.25, 0.3) is 10.0 Å². The van der Waals surface area contributed by atoms with Crippen LogP contribution in [-0.2, 0) is 10.0 Å². The number of aromatic nitrogens is 1. The zero-order valence-corrected chi connectivity index (χ0v) is 12.1. The van der Waals surface area contributed by atoms with Crippen LogP contribution in [0.15, 0.2) is 34.7 Å². The maximum atomic E-state index is 12.1. The molecule has 0 spiro atoms. The Morgan fingerprint density at radius 1 is 1.42 bits per heavy atom. The van der Waals surface area contributed by atoms with Crippen molar-refractivity contribution in [2.45, 2.75) is 24.2 Å². The minimum absolute atomic E-state index is 0.174. The van der Waals surface area contributed by atoms with E-state index in [2.05, 4.69) is 9.71 Å². The summed E-state index contributed by atoms with van der Waals surface area (Å²) in [5, 5.41) is 10.2. The lowest BCUT2D eigenvalue weighted by atomic mass is 10.1. The number of rotatable bonds is 4. The van der Waals surface area contributed by atoms with Crippen molar-refractivity contribution in [3.8, 4) is 0 Å². The molecule has 7 heteroatoms. The average molecular weight is 298 g/mol. The summed E-state index contributed by atoms with van der Waals surface area (Å²) >= 11 is 1.11. The Morgan fingerprint density at radius 2 is 2.16 bits per heavy atom. The van der Waals surface area contributed by atoms with Crippen molar-refractivity contribution in [3.05, 3.63) is 41.0 Å². The molecule has 102 valence electrons. The number of anilines is 1. The molecule has 0 bridgehead atoms. The first kappa shape index (κ1) is 14.0. The molecule has 0 aliphatic rings. The van der Waals surface area contributed by atoms with Gasteiger partial charge in [-0.2, -0.15) is 0 Å². The summed E-state index contributed by atoms with van der Waals surface area (Å²) in [5.74, 6) is 0. The molecule has 0 fully saturated rings. The Hall–Kier alpha value is -1.44. The Kier molecular flexibility index (Phi) is 3.88. The van der Waals surface area contributed by atoms with E-state index < -0.39 is 16.1 Å². The van der Waals surface area contributed by atoms with Crippen LogP contribution in [0.4, 0.5) is 5.69 Å². The topological polar surface area (TPSA) is 79.3 Å². The van der Waals surface area contributed by atoms with Gasteiger partial charge in [-0.05, 0) is 31.5 Å². The molecule has 0 amide bonds. The van der Waals surface area contributed by atoms with Gasteiger partial charge in [-0.25, -0.2) is 13.4 Å². The molecule has 0 aliphatic carbocycles. The second-order valence-corrected chi connectivity index (χ2v) is 7.25. The number of hydrogen-bond donors (Lipinski definition) is 2. The van der Waals surface area contributed by atoms with Crippen molar-refractivity contribution in [3.63, 3.8) is 0 Å². The second-order valence-electron chi connectivity index (χ2n) is 4.11. The number of hydrogen-bond acceptors (Lipinski definition) is 5. The first-order valence-corrected chi connectivity index (χ1v) is 7.92. The Balaban J connectivity index is 2.28. The first-order chi connectivity index (χ1) is 8.88. The summed E-state index contributed by atoms with van der Waals surface area (Å²) in [5.41, 5.74) is 1.07. The largest absolute Gasteiger partial charge is 0.389 e. The average Bonchev–Trinajstić information content (AvgIpc) is 2.76. The highest BCUT2D eigenvalue weighted by Crippen LogP contribution is 2.23. The minimum Gasteiger partial charge on any atom is -0.389 e. The Labute approximate surface area is 116 Å². The van der Waals surface area contributed by atoms with E-state index in [1.54, 1.807) is 38.1 Å². The number of nitrogens with zero attached hydrogens (tertiary/aromatic N) is 1. The normalized spacial score (nSPS) is 13.2. The van der Waals surface area contributed by atoms with Crippen LogP contribution in [0.1, 0.15) is 23.6 Å². The van der Waals surface area contributed by atoms with E-state index >= 15 is 0 Å². The van der Waals surface area contributed by atoms with Gasteiger partial charge in [-0.1, -0.05) is 12.1 Å². The molecule has 0 radical (unpaired) electrons. The second kappa shape index (κ2) is 5.28. The highest BCUT2D eigenvalue weighted by molar-refractivity contribution is 7.94. The highest BCUT2D eigenvalue weighted by atomic mass is 32.2. The lowest BCUT2D eigenvalue weighted by Crippen LogP contribution is -2.11. The predicted molar refractivity (Wildman–Crippen MR) is 74.7 cm³/mol. The monoisotopic (exact) mass is 298 g/mol. The molecule has 1 aromatic heterocycles. The molecule has 19 heavy (non-hydrogen) atoms. The summed E-state index contributed by atoms with van der Waals surface area (Å²) in [7, 11) is -3.61. The van der Waals surface area contributed by atoms with Crippen molar-refractivity contribution >= 4 is 27.0 Å². The van der Waals surface area contributed by atoms with Crippen LogP contribution >= 0.6 is 11.3 Å². The SMILES string of the molecule is Cc1ncc(S(=O)(=O)Nc2cccc(C(C)O)c2)s1. The molecule has 1 heterocycles. The van der Waals surface area contributed by atoms with E-state index in [4.69, 9.17) is 0 Å². The molecule has 1 atom stereocenters. The van der Waals surface area contributed by atoms with Gasteiger partial charge in [0.2, 0.25) is 0 Å². The van der Waals surface area contributed by atoms with Crippen LogP contribution in [-0.4, -0.2) is 18.5 Å². The molecular formula is C12H14N2O3S2. The summed E-state index contributed by atoms with van der Waals surface area (Å²) in [6.45, 7) is 3.37. The van der Waals surface area contributed by atoms with Gasteiger partial charge in [-0.15, -0.1) is 11.3 Å². The minimum atomic E-state index is -3.61. The molecule has 0 saturated carbocycles. The van der Waals surface area contributed by atoms with Crippen molar-refractivity contribution in [2.75, 3.05) is 4.72 Å². The summed E-state index contributed by atoms with van der Waals surface area (Å²) < 4.78 is 26.8. The highest BCUT2D eigenvalue weighted by Gasteiger charge is 2.17. The fourth-order valence-corrected chi connectivity index (χ4v) is 3.69. The summed E-state index contributed by atoms with van der Waals surface area (Å²) in [4.78, 5) is 3.93. The first-order valence-electron chi connectivity index (χ1n) is 5.62. The van der Waals surface area contributed by atoms with E-state index in [0.717, 1.165) is 11.3 Å². The van der Waals surface area contributed by atoms with Crippen LogP contribution in [0.3, 0.4) is 0 Å². The standard InChI is InChI=1S/C12H14N2O3S2/c1-8(15)10-4-3-5-11(6-10)14-19(16,17)12-7-13-9(2)18-12/h3-8,14-15H,1-2H3. The molecule has 2 aromatic rings. The number of thiazole rings is 1. The Bertz CT molecular complexity index is 678. The van der Waals surface area contributed by atoms with Crippen LogP contribution in [0.25, 0.3) is 0 Å². The third kappa shape index (κ3) is 3.31. The van der Waals surface area contributed by atoms with Gasteiger partial charge in [-0.3, -0.25) is 4.72 Å². The van der Waals surface area contributed by atoms with E-state index in [1.165, 1.54) is 6.20 Å². The van der Waals surface area contributed by atoms with Crippen molar-refractivity contribution in [1.29, 1.82) is 0 Å². The fourth-order valence-electron chi connectivity index (χ4n) is 1.53. The third-order valence-electron chi connectivity index (χ3n) is 2.49. The van der Waals surface area contributed by atoms with E-state index in [0.29, 0.717) is 16.3 Å². The third-order valence-corrected chi connectivity index (χ3v) is 5.24. The molecule has 2 N–H and O–H groups in total. The van der Waals surface area contributed by atoms with Crippen LogP contribution in [0, 0.1) is 6.92 Å². The van der Waals surface area contributed by atoms with Crippen molar-refractivity contribution in [2.24, 2.45) is 0 Å². The molecule has 5 nitrogen and oxygen atoms in total.